The molecule has 8 nitrogen and oxygen atoms in total. The van der Waals surface area contributed by atoms with Crippen molar-refractivity contribution in [3.63, 3.8) is 0 Å². The monoisotopic (exact) mass is 486 g/mol. The number of nitrogens with zero attached hydrogens (tertiary/aromatic N) is 3. The second kappa shape index (κ2) is 10.0. The van der Waals surface area contributed by atoms with Crippen LogP contribution in [0.3, 0.4) is 0 Å². The van der Waals surface area contributed by atoms with E-state index in [-0.39, 0.29) is 23.8 Å². The van der Waals surface area contributed by atoms with E-state index in [9.17, 15) is 14.4 Å². The first-order valence-electron chi connectivity index (χ1n) is 11.0. The summed E-state index contributed by atoms with van der Waals surface area (Å²) in [6, 6.07) is 3.40. The van der Waals surface area contributed by atoms with Crippen molar-refractivity contribution in [3.8, 4) is 0 Å². The van der Waals surface area contributed by atoms with E-state index in [0.29, 0.717) is 39.2 Å². The molecule has 0 aromatic carbocycles. The van der Waals surface area contributed by atoms with Crippen LogP contribution < -0.4 is 10.9 Å². The minimum absolute atomic E-state index is 0.0476. The molecule has 0 spiro atoms. The molecule has 1 N–H and O–H groups in total. The number of amides is 1. The number of aromatic nitrogens is 3. The Hall–Kier alpha value is -2.72. The smallest absolute Gasteiger partial charge is 0.341 e. The molecule has 3 heterocycles. The molecule has 1 aliphatic carbocycles. The fourth-order valence-corrected chi connectivity index (χ4v) is 6.24. The highest BCUT2D eigenvalue weighted by atomic mass is 32.2. The maximum absolute atomic E-state index is 12.8. The standard InChI is InChI=1S/C23H26N4O4S2/c1-4-27-21(29)15-7-6-10-24-19(15)26-23(27)32-12-17(28)25-20-18(22(30)31-5-2)14-9-8-13(3)11-16(14)33-20/h6-7,10,13H,4-5,8-9,11-12H2,1-3H3,(H,25,28)/t13-/m1/s1. The van der Waals surface area contributed by atoms with Gasteiger partial charge in [0.15, 0.2) is 10.8 Å². The number of nitrogens with one attached hydrogen (secondary N) is 1. The zero-order valence-electron chi connectivity index (χ0n) is 18.8. The zero-order valence-corrected chi connectivity index (χ0v) is 20.5. The minimum Gasteiger partial charge on any atom is -0.462 e. The molecular weight excluding hydrogens is 460 g/mol. The van der Waals surface area contributed by atoms with Gasteiger partial charge in [-0.1, -0.05) is 18.7 Å². The molecule has 0 saturated carbocycles. The molecule has 1 atom stereocenters. The van der Waals surface area contributed by atoms with Crippen LogP contribution in [0.5, 0.6) is 0 Å². The molecule has 0 saturated heterocycles. The first kappa shape index (κ1) is 23.4. The third-order valence-corrected chi connectivity index (χ3v) is 7.73. The van der Waals surface area contributed by atoms with E-state index in [0.717, 1.165) is 29.7 Å². The van der Waals surface area contributed by atoms with Crippen LogP contribution in [0, 0.1) is 5.92 Å². The van der Waals surface area contributed by atoms with E-state index < -0.39 is 5.97 Å². The van der Waals surface area contributed by atoms with Crippen molar-refractivity contribution in [1.82, 2.24) is 14.5 Å². The highest BCUT2D eigenvalue weighted by molar-refractivity contribution is 7.99. The quantitative estimate of drug-likeness (QED) is 0.307. The molecule has 0 radical (unpaired) electrons. The average molecular weight is 487 g/mol. The minimum atomic E-state index is -0.394. The summed E-state index contributed by atoms with van der Waals surface area (Å²) in [4.78, 5) is 48.0. The number of fused-ring (bicyclic) bond motifs is 2. The van der Waals surface area contributed by atoms with Crippen LogP contribution in [-0.4, -0.2) is 38.8 Å². The lowest BCUT2D eigenvalue weighted by atomic mass is 9.88. The molecule has 0 fully saturated rings. The predicted molar refractivity (Wildman–Crippen MR) is 130 cm³/mol. The van der Waals surface area contributed by atoms with Crippen LogP contribution >= 0.6 is 23.1 Å². The number of ether oxygens (including phenoxy) is 1. The van der Waals surface area contributed by atoms with Crippen molar-refractivity contribution in [1.29, 1.82) is 0 Å². The van der Waals surface area contributed by atoms with Gasteiger partial charge in [0.1, 0.15) is 5.00 Å². The molecule has 174 valence electrons. The average Bonchev–Trinajstić information content (AvgIpc) is 3.14. The molecule has 10 heteroatoms. The van der Waals surface area contributed by atoms with Gasteiger partial charge in [-0.3, -0.25) is 14.2 Å². The Bertz CT molecular complexity index is 1270. The number of carbonyl (C=O) groups is 2. The van der Waals surface area contributed by atoms with Crippen LogP contribution in [-0.2, 0) is 28.9 Å². The number of rotatable bonds is 7. The number of thiophene rings is 1. The van der Waals surface area contributed by atoms with Gasteiger partial charge < -0.3 is 10.1 Å². The molecule has 3 aromatic rings. The highest BCUT2D eigenvalue weighted by Crippen LogP contribution is 2.40. The van der Waals surface area contributed by atoms with Crippen LogP contribution in [0.1, 0.15) is 48.0 Å². The second-order valence-corrected chi connectivity index (χ2v) is 9.98. The predicted octanol–water partition coefficient (Wildman–Crippen LogP) is 3.91. The summed E-state index contributed by atoms with van der Waals surface area (Å²) in [5, 5.41) is 4.34. The van der Waals surface area contributed by atoms with Gasteiger partial charge >= 0.3 is 5.97 Å². The lowest BCUT2D eigenvalue weighted by Crippen LogP contribution is -2.24. The zero-order chi connectivity index (χ0) is 23.5. The number of esters is 1. The van der Waals surface area contributed by atoms with Gasteiger partial charge in [-0.05, 0) is 56.7 Å². The van der Waals surface area contributed by atoms with Gasteiger partial charge in [-0.25, -0.2) is 14.8 Å². The Morgan fingerprint density at radius 1 is 1.36 bits per heavy atom. The van der Waals surface area contributed by atoms with Gasteiger partial charge in [0.25, 0.3) is 5.56 Å². The Balaban J connectivity index is 1.55. The van der Waals surface area contributed by atoms with Crippen molar-refractivity contribution in [2.24, 2.45) is 5.92 Å². The van der Waals surface area contributed by atoms with E-state index in [1.165, 1.54) is 27.7 Å². The van der Waals surface area contributed by atoms with E-state index in [4.69, 9.17) is 4.74 Å². The van der Waals surface area contributed by atoms with Crippen LogP contribution in [0.4, 0.5) is 5.00 Å². The fourth-order valence-electron chi connectivity index (χ4n) is 3.98. The maximum atomic E-state index is 12.8. The highest BCUT2D eigenvalue weighted by Gasteiger charge is 2.29. The SMILES string of the molecule is CCOC(=O)c1c(NC(=O)CSc2nc3ncccc3c(=O)n2CC)sc2c1CC[C@@H](C)C2. The number of pyridine rings is 1. The van der Waals surface area contributed by atoms with Crippen molar-refractivity contribution >= 4 is 51.0 Å². The molecule has 1 aliphatic rings. The number of thioether (sulfide) groups is 1. The first-order chi connectivity index (χ1) is 15.9. The number of hydrogen-bond acceptors (Lipinski definition) is 8. The fraction of sp³-hybridized carbons (Fsp3) is 0.435. The summed E-state index contributed by atoms with van der Waals surface area (Å²) in [5.41, 5.74) is 1.67. The largest absolute Gasteiger partial charge is 0.462 e. The summed E-state index contributed by atoms with van der Waals surface area (Å²) >= 11 is 2.64. The Morgan fingerprint density at radius 3 is 2.94 bits per heavy atom. The number of carbonyl (C=O) groups excluding carboxylic acids is 2. The third kappa shape index (κ3) is 4.81. The molecule has 3 aromatic heterocycles. The Labute approximate surface area is 199 Å². The summed E-state index contributed by atoms with van der Waals surface area (Å²) in [6.45, 7) is 6.54. The Morgan fingerprint density at radius 2 is 2.18 bits per heavy atom. The molecule has 0 unspecified atom stereocenters. The third-order valence-electron chi connectivity index (χ3n) is 5.59. The van der Waals surface area contributed by atoms with Crippen LogP contribution in [0.25, 0.3) is 11.0 Å². The van der Waals surface area contributed by atoms with E-state index in [1.54, 1.807) is 25.3 Å². The van der Waals surface area contributed by atoms with Crippen molar-refractivity contribution < 1.29 is 14.3 Å². The molecule has 0 bridgehead atoms. The van der Waals surface area contributed by atoms with E-state index >= 15 is 0 Å². The molecule has 4 rings (SSSR count). The van der Waals surface area contributed by atoms with E-state index in [2.05, 4.69) is 22.2 Å². The van der Waals surface area contributed by atoms with Crippen molar-refractivity contribution in [2.75, 3.05) is 17.7 Å². The normalized spacial score (nSPS) is 15.3. The van der Waals surface area contributed by atoms with Gasteiger partial charge in [-0.2, -0.15) is 0 Å². The molecule has 33 heavy (non-hydrogen) atoms. The second-order valence-electron chi connectivity index (χ2n) is 7.93. The lowest BCUT2D eigenvalue weighted by molar-refractivity contribution is -0.113. The summed E-state index contributed by atoms with van der Waals surface area (Å²) in [6.07, 6.45) is 4.30. The van der Waals surface area contributed by atoms with Gasteiger partial charge in [0.2, 0.25) is 5.91 Å². The number of anilines is 1. The van der Waals surface area contributed by atoms with Crippen LogP contribution in [0.2, 0.25) is 0 Å². The summed E-state index contributed by atoms with van der Waals surface area (Å²) < 4.78 is 6.81. The van der Waals surface area contributed by atoms with Crippen LogP contribution in [0.15, 0.2) is 28.3 Å². The van der Waals surface area contributed by atoms with Gasteiger partial charge in [0, 0.05) is 17.6 Å². The van der Waals surface area contributed by atoms with Crippen molar-refractivity contribution in [2.45, 2.75) is 51.7 Å². The first-order valence-corrected chi connectivity index (χ1v) is 12.8. The lowest BCUT2D eigenvalue weighted by Gasteiger charge is -2.18. The van der Waals surface area contributed by atoms with Crippen molar-refractivity contribution in [3.05, 3.63) is 44.7 Å². The molecule has 0 aliphatic heterocycles. The summed E-state index contributed by atoms with van der Waals surface area (Å²) in [5.74, 6) is -0.0695. The van der Waals surface area contributed by atoms with Gasteiger partial charge in [0.05, 0.1) is 23.3 Å². The topological polar surface area (TPSA) is 103 Å². The Kier molecular flexibility index (Phi) is 7.14. The van der Waals surface area contributed by atoms with Gasteiger partial charge in [-0.15, -0.1) is 11.3 Å². The maximum Gasteiger partial charge on any atom is 0.341 e. The number of hydrogen-bond donors (Lipinski definition) is 1. The summed E-state index contributed by atoms with van der Waals surface area (Å²) in [7, 11) is 0. The molecular formula is C23H26N4O4S2. The van der Waals surface area contributed by atoms with E-state index in [1.807, 2.05) is 6.92 Å². The molecule has 1 amide bonds.